The number of aromatic nitrogens is 3. The maximum absolute atomic E-state index is 12.7. The van der Waals surface area contributed by atoms with E-state index in [0.29, 0.717) is 56.7 Å². The van der Waals surface area contributed by atoms with Gasteiger partial charge in [0.05, 0.1) is 72.0 Å². The fraction of sp³-hybridized carbons (Fsp3) is 0.315. The number of anilines is 1. The summed E-state index contributed by atoms with van der Waals surface area (Å²) in [5.74, 6) is -0.117. The molecule has 654 valence electrons. The van der Waals surface area contributed by atoms with Gasteiger partial charge in [0.2, 0.25) is 23.6 Å². The second kappa shape index (κ2) is 46.8. The third-order valence-electron chi connectivity index (χ3n) is 17.7. The van der Waals surface area contributed by atoms with Crippen LogP contribution in [-0.4, -0.2) is 88.5 Å². The molecule has 0 aliphatic carbocycles. The van der Waals surface area contributed by atoms with Gasteiger partial charge < -0.3 is 27.0 Å². The van der Waals surface area contributed by atoms with Crippen LogP contribution in [0.4, 0.5) is 22.7 Å². The SMILES string of the molecule is CC(C)(C)CC(=O)N[C@@H](Cc1ccc(NS(=O)(=O)O)cc1)c1nc(-c2ccccc2)cs1.CC(C)(C)CC(=O)N[C@@H](Cc1ccc([N+](=O)[O-])cc1)C(N)=S.CC(C)(C)CC(=O)N[C@@H](Cc1ccc([N+](=O)[O-])cc1)c1nc(-c2ccccc2)cs1.CC(C)(C)CC(=O)N[C@@H](Cc1ccc([N+](=O)[O-])cc1)c1nc(-c2ccccc2)cs1.O=C(CBr)c1ccccc1. The molecule has 4 atom stereocenters. The number of thiazole rings is 3. The number of halogens is 1. The summed E-state index contributed by atoms with van der Waals surface area (Å²) in [5, 5.41) is 53.4. The lowest BCUT2D eigenvalue weighted by molar-refractivity contribution is -0.385. The summed E-state index contributed by atoms with van der Waals surface area (Å²) in [6, 6.07) is 63.1. The van der Waals surface area contributed by atoms with Crippen LogP contribution >= 0.6 is 62.2 Å². The van der Waals surface area contributed by atoms with Crippen molar-refractivity contribution in [2.75, 3.05) is 10.1 Å². The van der Waals surface area contributed by atoms with E-state index in [2.05, 4.69) is 37.2 Å². The van der Waals surface area contributed by atoms with Gasteiger partial charge >= 0.3 is 10.3 Å². The number of Topliss-reactive ketones (excluding diaryl/α,β-unsaturated/α-hetero) is 1. The lowest BCUT2D eigenvalue weighted by Crippen LogP contribution is -2.45. The van der Waals surface area contributed by atoms with Gasteiger partial charge in [0.15, 0.2) is 5.78 Å². The molecule has 8 N–H and O–H groups in total. The summed E-state index contributed by atoms with van der Waals surface area (Å²) in [6.45, 7) is 24.1. The number of benzene rings is 8. The van der Waals surface area contributed by atoms with Crippen molar-refractivity contribution in [3.05, 3.63) is 308 Å². The van der Waals surface area contributed by atoms with Crippen LogP contribution in [0.1, 0.15) is 175 Å². The molecule has 0 fully saturated rings. The predicted octanol–water partition coefficient (Wildman–Crippen LogP) is 20.6. The number of carbonyl (C=O) groups excluding carboxylic acids is 5. The molecular weight excluding hydrogens is 1740 g/mol. The molecule has 3 aromatic heterocycles. The Balaban J connectivity index is 0.000000220. The number of rotatable bonds is 30. The van der Waals surface area contributed by atoms with E-state index >= 15 is 0 Å². The van der Waals surface area contributed by atoms with Crippen LogP contribution in [0.25, 0.3) is 33.8 Å². The maximum Gasteiger partial charge on any atom is 0.357 e. The molecule has 8 aromatic carbocycles. The van der Waals surface area contributed by atoms with Crippen LogP contribution in [0.3, 0.4) is 0 Å². The standard InChI is InChI=1S/C23H27N3O4S2.2C23H25N3O3S.C15H21N3O3S.C8H7BrO/c1-23(2,3)14-21(27)24-19(13-16-9-11-18(12-10-16)26-32(28,29)30)22-25-20(15-31-22)17-7-5-4-6-8-17;2*1-23(2,3)14-21(27)24-19(13-16-9-11-18(12-10-16)26(28)29)22-25-20(15-30-22)17-7-5-4-6-8-17;1-15(2,3)9-13(19)17-12(14(16)22)8-10-4-6-11(7-5-10)18(20)21;9-6-8(10)7-4-2-1-3-5-7/h4-12,15,19,26H,13-14H2,1-3H3,(H,24,27)(H,28,29,30);2*4-12,15,19H,13-14H2,1-3H3,(H,24,27);4-7,12H,8-9H2,1-3H3,(H2,16,22)(H,17,19);1-5H,6H2/t3*19-;12-;/m0000./s1. The van der Waals surface area contributed by atoms with Crippen molar-refractivity contribution in [1.82, 2.24) is 36.2 Å². The molecular formula is C92H105BrN12O14S5. The van der Waals surface area contributed by atoms with Gasteiger partial charge in [0, 0.05) is 100 Å². The first-order valence-corrected chi connectivity index (χ1v) is 45.1. The molecule has 124 heavy (non-hydrogen) atoms. The first kappa shape index (κ1) is 99.6. The summed E-state index contributed by atoms with van der Waals surface area (Å²) >= 11 is 12.6. The Bertz CT molecular complexity index is 5280. The number of ketones is 1. The number of carbonyl (C=O) groups is 5. The van der Waals surface area contributed by atoms with Crippen LogP contribution in [0, 0.1) is 52.0 Å². The number of nitro benzene ring substituents is 3. The highest BCUT2D eigenvalue weighted by Crippen LogP contribution is 2.34. The molecule has 32 heteroatoms. The zero-order chi connectivity index (χ0) is 91.1. The number of nitrogens with zero attached hydrogens (tertiary/aromatic N) is 6. The van der Waals surface area contributed by atoms with Gasteiger partial charge in [-0.1, -0.05) is 281 Å². The van der Waals surface area contributed by atoms with Gasteiger partial charge in [0.25, 0.3) is 17.1 Å². The Morgan fingerprint density at radius 1 is 0.419 bits per heavy atom. The Morgan fingerprint density at radius 2 is 0.677 bits per heavy atom. The first-order chi connectivity index (χ1) is 58.3. The fourth-order valence-electron chi connectivity index (χ4n) is 12.1. The highest BCUT2D eigenvalue weighted by Gasteiger charge is 2.28. The third-order valence-corrected chi connectivity index (χ3v) is 21.9. The van der Waals surface area contributed by atoms with Gasteiger partial charge in [0.1, 0.15) is 15.0 Å². The minimum absolute atomic E-state index is 0.0207. The Kier molecular flexibility index (Phi) is 37.6. The van der Waals surface area contributed by atoms with Crippen LogP contribution < -0.4 is 31.7 Å². The number of hydrogen-bond acceptors (Lipinski definition) is 20. The number of amides is 4. The summed E-state index contributed by atoms with van der Waals surface area (Å²) in [6.07, 6.45) is 3.48. The zero-order valence-electron chi connectivity index (χ0n) is 71.1. The van der Waals surface area contributed by atoms with Gasteiger partial charge in [-0.25, -0.2) is 15.0 Å². The number of thiocarbonyl (C=S) groups is 1. The molecule has 3 heterocycles. The minimum atomic E-state index is -4.33. The van der Waals surface area contributed by atoms with Crippen LogP contribution in [0.15, 0.2) is 235 Å². The number of alkyl halides is 1. The van der Waals surface area contributed by atoms with E-state index in [9.17, 15) is 62.7 Å². The van der Waals surface area contributed by atoms with Gasteiger partial charge in [-0.15, -0.1) is 34.0 Å². The lowest BCUT2D eigenvalue weighted by Gasteiger charge is -2.22. The molecule has 0 radical (unpaired) electrons. The van der Waals surface area contributed by atoms with E-state index in [1.54, 1.807) is 60.7 Å². The van der Waals surface area contributed by atoms with Crippen molar-refractivity contribution < 1.29 is 51.7 Å². The third kappa shape index (κ3) is 36.5. The van der Waals surface area contributed by atoms with E-state index in [4.69, 9.17) is 37.5 Å². The number of nitrogens with two attached hydrogens (primary N) is 1. The molecule has 0 aliphatic heterocycles. The highest BCUT2D eigenvalue weighted by molar-refractivity contribution is 9.09. The normalized spacial score (nSPS) is 12.3. The highest BCUT2D eigenvalue weighted by atomic mass is 79.9. The van der Waals surface area contributed by atoms with E-state index in [1.807, 2.05) is 225 Å². The average Bonchev–Trinajstić information content (AvgIpc) is 1.69. The van der Waals surface area contributed by atoms with E-state index in [0.717, 1.165) is 76.6 Å². The molecule has 0 bridgehead atoms. The zero-order valence-corrected chi connectivity index (χ0v) is 76.8. The molecule has 11 rings (SSSR count). The lowest BCUT2D eigenvalue weighted by atomic mass is 9.91. The Labute approximate surface area is 749 Å². The van der Waals surface area contributed by atoms with Crippen molar-refractivity contribution in [3.63, 3.8) is 0 Å². The van der Waals surface area contributed by atoms with Gasteiger partial charge in [-0.2, -0.15) is 8.42 Å². The molecule has 4 amide bonds. The Morgan fingerprint density at radius 3 is 0.927 bits per heavy atom. The van der Waals surface area contributed by atoms with Crippen molar-refractivity contribution >= 4 is 130 Å². The second-order valence-electron chi connectivity index (χ2n) is 33.9. The molecule has 0 saturated carbocycles. The molecule has 26 nitrogen and oxygen atoms in total. The maximum atomic E-state index is 12.7. The number of nitro groups is 3. The minimum Gasteiger partial charge on any atom is -0.392 e. The molecule has 0 spiro atoms. The predicted molar refractivity (Wildman–Crippen MR) is 501 cm³/mol. The second-order valence-corrected chi connectivity index (χ2v) is 38.8. The molecule has 11 aromatic rings. The Hall–Kier alpha value is -11.5. The van der Waals surface area contributed by atoms with Crippen LogP contribution in [0.5, 0.6) is 0 Å². The quantitative estimate of drug-likeness (QED) is 0.00549. The van der Waals surface area contributed by atoms with Gasteiger partial charge in [-0.05, 0) is 81.7 Å². The summed E-state index contributed by atoms with van der Waals surface area (Å²) in [7, 11) is -4.33. The average molecular weight is 1840 g/mol. The number of nitrogens with one attached hydrogen (secondary N) is 5. The van der Waals surface area contributed by atoms with Crippen molar-refractivity contribution in [1.29, 1.82) is 0 Å². The van der Waals surface area contributed by atoms with E-state index in [-0.39, 0.29) is 96.9 Å². The topological polar surface area (TPSA) is 394 Å². The number of non-ortho nitro benzene ring substituents is 3. The smallest absolute Gasteiger partial charge is 0.357 e. The largest absolute Gasteiger partial charge is 0.392 e. The molecule has 0 aliphatic rings. The van der Waals surface area contributed by atoms with E-state index < -0.39 is 31.1 Å². The van der Waals surface area contributed by atoms with Crippen molar-refractivity contribution in [2.24, 2.45) is 27.4 Å². The molecule has 0 saturated heterocycles. The van der Waals surface area contributed by atoms with Crippen LogP contribution in [-0.2, 0) is 55.2 Å². The summed E-state index contributed by atoms with van der Waals surface area (Å²) < 4.78 is 32.9. The van der Waals surface area contributed by atoms with Gasteiger partial charge in [-0.3, -0.25) is 63.6 Å². The summed E-state index contributed by atoms with van der Waals surface area (Å²) in [4.78, 5) is 107. The monoisotopic (exact) mass is 1840 g/mol. The van der Waals surface area contributed by atoms with Crippen LogP contribution in [0.2, 0.25) is 0 Å². The molecule has 0 unspecified atom stereocenters. The summed E-state index contributed by atoms with van der Waals surface area (Å²) in [5.41, 5.74) is 15.5. The van der Waals surface area contributed by atoms with E-state index in [1.165, 1.54) is 70.4 Å². The number of hydrogen-bond donors (Lipinski definition) is 7. The van der Waals surface area contributed by atoms with Crippen molar-refractivity contribution in [3.8, 4) is 33.8 Å². The fourth-order valence-corrected chi connectivity index (χ4v) is 15.6. The first-order valence-electron chi connectivity index (χ1n) is 39.5. The van der Waals surface area contributed by atoms with Crippen molar-refractivity contribution in [2.45, 2.75) is 159 Å².